The molecule has 0 saturated carbocycles. The molecule has 1 rings (SSSR count). The van der Waals surface area contributed by atoms with E-state index in [4.69, 9.17) is 10.5 Å². The Labute approximate surface area is 105 Å². The van der Waals surface area contributed by atoms with Gasteiger partial charge in [-0.2, -0.15) is 0 Å². The zero-order valence-corrected chi connectivity index (χ0v) is 11.5. The van der Waals surface area contributed by atoms with Crippen molar-refractivity contribution in [2.45, 2.75) is 46.6 Å². The summed E-state index contributed by atoms with van der Waals surface area (Å²) in [4.78, 5) is 0. The third kappa shape index (κ3) is 4.39. The summed E-state index contributed by atoms with van der Waals surface area (Å²) < 4.78 is 5.85. The van der Waals surface area contributed by atoms with Crippen LogP contribution in [0.3, 0.4) is 0 Å². The Morgan fingerprint density at radius 1 is 1.29 bits per heavy atom. The molecule has 0 bridgehead atoms. The van der Waals surface area contributed by atoms with Crippen molar-refractivity contribution >= 4 is 0 Å². The van der Waals surface area contributed by atoms with E-state index in [0.717, 1.165) is 17.9 Å². The highest BCUT2D eigenvalue weighted by atomic mass is 16.5. The van der Waals surface area contributed by atoms with Gasteiger partial charge in [-0.05, 0) is 43.4 Å². The molecule has 2 nitrogen and oxygen atoms in total. The SMILES string of the molecule is CCCC(C)COc1ccc([C@H](C)N)cc1C. The van der Waals surface area contributed by atoms with E-state index < -0.39 is 0 Å². The summed E-state index contributed by atoms with van der Waals surface area (Å²) in [7, 11) is 0. The van der Waals surface area contributed by atoms with Crippen LogP contribution in [0.1, 0.15) is 50.8 Å². The fourth-order valence-corrected chi connectivity index (χ4v) is 1.93. The Hall–Kier alpha value is -1.02. The Kier molecular flexibility index (Phi) is 5.49. The topological polar surface area (TPSA) is 35.2 Å². The molecule has 0 radical (unpaired) electrons. The first-order valence-corrected chi connectivity index (χ1v) is 6.53. The van der Waals surface area contributed by atoms with Crippen molar-refractivity contribution in [1.29, 1.82) is 0 Å². The molecule has 1 unspecified atom stereocenters. The first kappa shape index (κ1) is 14.0. The van der Waals surface area contributed by atoms with Gasteiger partial charge in [-0.15, -0.1) is 0 Å². The number of hydrogen-bond acceptors (Lipinski definition) is 2. The summed E-state index contributed by atoms with van der Waals surface area (Å²) in [6.45, 7) is 9.31. The molecule has 0 fully saturated rings. The molecule has 0 heterocycles. The molecule has 1 aromatic carbocycles. The van der Waals surface area contributed by atoms with Gasteiger partial charge in [-0.25, -0.2) is 0 Å². The van der Waals surface area contributed by atoms with Crippen LogP contribution in [0.2, 0.25) is 0 Å². The second kappa shape index (κ2) is 6.65. The maximum Gasteiger partial charge on any atom is 0.122 e. The zero-order valence-electron chi connectivity index (χ0n) is 11.5. The fourth-order valence-electron chi connectivity index (χ4n) is 1.93. The highest BCUT2D eigenvalue weighted by molar-refractivity contribution is 5.37. The molecule has 17 heavy (non-hydrogen) atoms. The molecule has 0 spiro atoms. The van der Waals surface area contributed by atoms with Crippen LogP contribution < -0.4 is 10.5 Å². The monoisotopic (exact) mass is 235 g/mol. The third-order valence-corrected chi connectivity index (χ3v) is 3.03. The molecule has 0 aliphatic heterocycles. The van der Waals surface area contributed by atoms with Crippen molar-refractivity contribution in [3.63, 3.8) is 0 Å². The minimum Gasteiger partial charge on any atom is -0.493 e. The zero-order chi connectivity index (χ0) is 12.8. The lowest BCUT2D eigenvalue weighted by molar-refractivity contribution is 0.250. The molecule has 96 valence electrons. The van der Waals surface area contributed by atoms with E-state index in [1.807, 2.05) is 13.0 Å². The number of ether oxygens (including phenoxy) is 1. The molecular formula is C15H25NO. The van der Waals surface area contributed by atoms with Crippen molar-refractivity contribution in [3.8, 4) is 5.75 Å². The number of nitrogens with two attached hydrogens (primary N) is 1. The lowest BCUT2D eigenvalue weighted by Crippen LogP contribution is -2.10. The van der Waals surface area contributed by atoms with E-state index in [1.165, 1.54) is 18.4 Å². The van der Waals surface area contributed by atoms with E-state index >= 15 is 0 Å². The lowest BCUT2D eigenvalue weighted by Gasteiger charge is -2.15. The molecule has 2 heteroatoms. The summed E-state index contributed by atoms with van der Waals surface area (Å²) in [5.74, 6) is 1.60. The van der Waals surface area contributed by atoms with E-state index in [2.05, 4.69) is 32.9 Å². The molecule has 2 atom stereocenters. The maximum atomic E-state index is 5.85. The lowest BCUT2D eigenvalue weighted by atomic mass is 10.1. The van der Waals surface area contributed by atoms with Gasteiger partial charge in [-0.1, -0.05) is 32.4 Å². The van der Waals surface area contributed by atoms with Crippen LogP contribution in [-0.2, 0) is 0 Å². The summed E-state index contributed by atoms with van der Waals surface area (Å²) in [5, 5.41) is 0. The van der Waals surface area contributed by atoms with Crippen LogP contribution in [0.4, 0.5) is 0 Å². The first-order chi connectivity index (χ1) is 8.04. The predicted molar refractivity (Wildman–Crippen MR) is 73.3 cm³/mol. The van der Waals surface area contributed by atoms with Gasteiger partial charge in [0.15, 0.2) is 0 Å². The minimum absolute atomic E-state index is 0.0850. The Morgan fingerprint density at radius 3 is 2.53 bits per heavy atom. The van der Waals surface area contributed by atoms with Gasteiger partial charge in [0.25, 0.3) is 0 Å². The van der Waals surface area contributed by atoms with Gasteiger partial charge in [-0.3, -0.25) is 0 Å². The minimum atomic E-state index is 0.0850. The Bertz CT molecular complexity index is 347. The third-order valence-electron chi connectivity index (χ3n) is 3.03. The van der Waals surface area contributed by atoms with Gasteiger partial charge in [0.1, 0.15) is 5.75 Å². The quantitative estimate of drug-likeness (QED) is 0.813. The molecule has 0 aliphatic carbocycles. The van der Waals surface area contributed by atoms with Crippen LogP contribution in [0, 0.1) is 12.8 Å². The van der Waals surface area contributed by atoms with Gasteiger partial charge >= 0.3 is 0 Å². The number of benzene rings is 1. The highest BCUT2D eigenvalue weighted by Crippen LogP contribution is 2.22. The van der Waals surface area contributed by atoms with Gasteiger partial charge in [0.2, 0.25) is 0 Å². The standard InChI is InChI=1S/C15H25NO/c1-5-6-11(2)10-17-15-8-7-14(13(4)16)9-12(15)3/h7-9,11,13H,5-6,10,16H2,1-4H3/t11?,13-/m0/s1. The van der Waals surface area contributed by atoms with E-state index in [0.29, 0.717) is 5.92 Å². The van der Waals surface area contributed by atoms with Crippen molar-refractivity contribution in [1.82, 2.24) is 0 Å². The summed E-state index contributed by atoms with van der Waals surface area (Å²) in [6, 6.07) is 6.29. The van der Waals surface area contributed by atoms with Crippen LogP contribution in [0.5, 0.6) is 5.75 Å². The van der Waals surface area contributed by atoms with Crippen molar-refractivity contribution in [2.24, 2.45) is 11.7 Å². The van der Waals surface area contributed by atoms with Crippen molar-refractivity contribution in [2.75, 3.05) is 6.61 Å². The normalized spacial score (nSPS) is 14.4. The van der Waals surface area contributed by atoms with Crippen LogP contribution >= 0.6 is 0 Å². The van der Waals surface area contributed by atoms with Gasteiger partial charge in [0.05, 0.1) is 6.61 Å². The van der Waals surface area contributed by atoms with Crippen molar-refractivity contribution in [3.05, 3.63) is 29.3 Å². The van der Waals surface area contributed by atoms with Crippen molar-refractivity contribution < 1.29 is 4.74 Å². The molecule has 0 aliphatic rings. The largest absolute Gasteiger partial charge is 0.493 e. The summed E-state index contributed by atoms with van der Waals surface area (Å²) >= 11 is 0. The average Bonchev–Trinajstić information content (AvgIpc) is 2.27. The van der Waals surface area contributed by atoms with Crippen LogP contribution in [0.25, 0.3) is 0 Å². The van der Waals surface area contributed by atoms with Gasteiger partial charge in [0, 0.05) is 6.04 Å². The Morgan fingerprint density at radius 2 is 2.00 bits per heavy atom. The number of rotatable bonds is 6. The number of hydrogen-bond donors (Lipinski definition) is 1. The summed E-state index contributed by atoms with van der Waals surface area (Å²) in [5.41, 5.74) is 8.19. The molecule has 2 N–H and O–H groups in total. The highest BCUT2D eigenvalue weighted by Gasteiger charge is 2.06. The molecule has 1 aromatic rings. The first-order valence-electron chi connectivity index (χ1n) is 6.53. The van der Waals surface area contributed by atoms with Crippen LogP contribution in [-0.4, -0.2) is 6.61 Å². The second-order valence-electron chi connectivity index (χ2n) is 5.02. The summed E-state index contributed by atoms with van der Waals surface area (Å²) in [6.07, 6.45) is 2.43. The van der Waals surface area contributed by atoms with Gasteiger partial charge < -0.3 is 10.5 Å². The van der Waals surface area contributed by atoms with E-state index in [9.17, 15) is 0 Å². The van der Waals surface area contributed by atoms with Crippen LogP contribution in [0.15, 0.2) is 18.2 Å². The molecule has 0 aromatic heterocycles. The average molecular weight is 235 g/mol. The fraction of sp³-hybridized carbons (Fsp3) is 0.600. The molecular weight excluding hydrogens is 210 g/mol. The molecule has 0 saturated heterocycles. The Balaban J connectivity index is 2.60. The smallest absolute Gasteiger partial charge is 0.122 e. The maximum absolute atomic E-state index is 5.85. The predicted octanol–water partition coefficient (Wildman–Crippen LogP) is 3.83. The van der Waals surface area contributed by atoms with E-state index in [-0.39, 0.29) is 6.04 Å². The second-order valence-corrected chi connectivity index (χ2v) is 5.02. The number of aryl methyl sites for hydroxylation is 1. The molecule has 0 amide bonds. The van der Waals surface area contributed by atoms with E-state index in [1.54, 1.807) is 0 Å².